The fourth-order valence-corrected chi connectivity index (χ4v) is 4.02. The van der Waals surface area contributed by atoms with E-state index < -0.39 is 11.0 Å². The molecule has 0 aromatic carbocycles. The fraction of sp³-hybridized carbons (Fsp3) is 0.375. The lowest BCUT2D eigenvalue weighted by molar-refractivity contribution is 0.0577. The molecule has 1 saturated carbocycles. The second-order valence-electron chi connectivity index (χ2n) is 9.56. The van der Waals surface area contributed by atoms with E-state index in [1.165, 1.54) is 12.4 Å². The van der Waals surface area contributed by atoms with E-state index in [-0.39, 0.29) is 35.8 Å². The van der Waals surface area contributed by atoms with Crippen LogP contribution in [-0.2, 0) is 12.0 Å². The molecule has 4 rings (SSSR count). The van der Waals surface area contributed by atoms with E-state index >= 15 is 0 Å². The summed E-state index contributed by atoms with van der Waals surface area (Å²) in [7, 11) is 0. The molecule has 0 unspecified atom stereocenters. The van der Waals surface area contributed by atoms with Gasteiger partial charge in [-0.25, -0.2) is 9.97 Å². The molecule has 1 aliphatic rings. The largest absolute Gasteiger partial charge is 0.578 e. The van der Waals surface area contributed by atoms with Crippen molar-refractivity contribution < 1.29 is 10.2 Å². The summed E-state index contributed by atoms with van der Waals surface area (Å²) < 4.78 is 1.56. The van der Waals surface area contributed by atoms with Crippen molar-refractivity contribution in [2.24, 2.45) is 10.9 Å². The lowest BCUT2D eigenvalue weighted by Gasteiger charge is -2.28. The van der Waals surface area contributed by atoms with Crippen LogP contribution in [0.1, 0.15) is 50.4 Å². The standard InChI is InChI=1S/C24H27N9O2/c1-23(2,35)13-33-12-14(9-30-33)20(34)32-21(26)24(3,15-4-5-15)16-6-7-18(28-10-16)17-11-29-22(27)31-19(17)8-25/h6-7,9-12,15,35H,4-5,13H2,1-3H3,(H2,26,32,34)(H2,27,29,31)/p+1/t24-/m1/s1. The number of amidine groups is 1. The van der Waals surface area contributed by atoms with E-state index in [0.717, 1.165) is 18.4 Å². The highest BCUT2D eigenvalue weighted by atomic mass is 16.3. The quantitative estimate of drug-likeness (QED) is 0.264. The molecule has 3 aromatic rings. The van der Waals surface area contributed by atoms with Crippen LogP contribution in [0.4, 0.5) is 5.95 Å². The Morgan fingerprint density at radius 3 is 2.63 bits per heavy atom. The van der Waals surface area contributed by atoms with Gasteiger partial charge in [0, 0.05) is 18.6 Å². The molecule has 0 aliphatic heterocycles. The number of aliphatic hydroxyl groups is 1. The number of nitriles is 1. The van der Waals surface area contributed by atoms with Gasteiger partial charge in [-0.2, -0.15) is 10.4 Å². The molecule has 0 amide bonds. The predicted octanol–water partition coefficient (Wildman–Crippen LogP) is 1.78. The van der Waals surface area contributed by atoms with Gasteiger partial charge < -0.3 is 15.9 Å². The van der Waals surface area contributed by atoms with E-state index in [1.54, 1.807) is 37.0 Å². The topological polar surface area (TPSA) is 186 Å². The van der Waals surface area contributed by atoms with Gasteiger partial charge in [0.2, 0.25) is 5.95 Å². The molecule has 3 heterocycles. The molecule has 1 aliphatic carbocycles. The van der Waals surface area contributed by atoms with Gasteiger partial charge >= 0.3 is 5.90 Å². The number of nitrogen functional groups attached to an aromatic ring is 1. The molecular weight excluding hydrogens is 446 g/mol. The average molecular weight is 475 g/mol. The maximum atomic E-state index is 9.99. The van der Waals surface area contributed by atoms with Crippen molar-refractivity contribution >= 4 is 17.7 Å². The summed E-state index contributed by atoms with van der Waals surface area (Å²) in [5.74, 6) is 0.243. The summed E-state index contributed by atoms with van der Waals surface area (Å²) in [4.78, 5) is 16.8. The second-order valence-corrected chi connectivity index (χ2v) is 9.56. The number of aromatic nitrogens is 5. The maximum Gasteiger partial charge on any atom is 0.369 e. The first-order chi connectivity index (χ1) is 16.5. The number of rotatable bonds is 7. The van der Waals surface area contributed by atoms with Crippen LogP contribution in [-0.4, -0.2) is 52.3 Å². The molecule has 0 radical (unpaired) electrons. The van der Waals surface area contributed by atoms with E-state index in [9.17, 15) is 10.4 Å². The van der Waals surface area contributed by atoms with E-state index in [4.69, 9.17) is 16.2 Å². The zero-order valence-corrected chi connectivity index (χ0v) is 19.8. The Balaban J connectivity index is 1.61. The van der Waals surface area contributed by atoms with E-state index in [2.05, 4.69) is 25.0 Å². The third kappa shape index (κ3) is 5.02. The minimum absolute atomic E-state index is 0.0198. The third-order valence-corrected chi connectivity index (χ3v) is 6.12. The molecule has 0 saturated heterocycles. The zero-order chi connectivity index (χ0) is 25.4. The summed E-state index contributed by atoms with van der Waals surface area (Å²) in [5.41, 5.74) is 6.34. The van der Waals surface area contributed by atoms with Crippen molar-refractivity contribution in [2.75, 3.05) is 5.73 Å². The molecule has 6 N–H and O–H groups in total. The van der Waals surface area contributed by atoms with E-state index in [0.29, 0.717) is 16.8 Å². The molecule has 1 atom stereocenters. The Morgan fingerprint density at radius 2 is 2.03 bits per heavy atom. The Morgan fingerprint density at radius 1 is 1.29 bits per heavy atom. The number of nitrogens with zero attached hydrogens (tertiary/aromatic N) is 7. The Labute approximate surface area is 202 Å². The molecule has 11 nitrogen and oxygen atoms in total. The number of nitrogens with two attached hydrogens (primary N) is 1. The zero-order valence-electron chi connectivity index (χ0n) is 19.8. The number of hydrogen-bond acceptors (Lipinski definition) is 8. The summed E-state index contributed by atoms with van der Waals surface area (Å²) in [6.07, 6.45) is 8.22. The van der Waals surface area contributed by atoms with Crippen LogP contribution in [0.5, 0.6) is 0 Å². The van der Waals surface area contributed by atoms with Gasteiger partial charge in [-0.05, 0) is 51.2 Å². The molecule has 11 heteroatoms. The van der Waals surface area contributed by atoms with Crippen LogP contribution < -0.4 is 5.73 Å². The smallest absolute Gasteiger partial charge is 0.369 e. The molecule has 0 bridgehead atoms. The molecule has 1 fully saturated rings. The van der Waals surface area contributed by atoms with Gasteiger partial charge in [-0.3, -0.25) is 15.1 Å². The van der Waals surface area contributed by atoms with Crippen LogP contribution in [0, 0.1) is 22.7 Å². The first kappa shape index (κ1) is 24.0. The molecule has 0 spiro atoms. The monoisotopic (exact) mass is 474 g/mol. The average Bonchev–Trinajstić information content (AvgIpc) is 3.57. The van der Waals surface area contributed by atoms with Crippen molar-refractivity contribution in [3.63, 3.8) is 0 Å². The number of anilines is 1. The van der Waals surface area contributed by atoms with Gasteiger partial charge in [0.1, 0.15) is 17.5 Å². The number of hydrogen-bond donors (Lipinski definition) is 3. The Bertz CT molecular complexity index is 1330. The van der Waals surface area contributed by atoms with Crippen LogP contribution in [0.15, 0.2) is 41.9 Å². The molecule has 180 valence electrons. The van der Waals surface area contributed by atoms with Gasteiger partial charge in [0.15, 0.2) is 5.69 Å². The highest BCUT2D eigenvalue weighted by Gasteiger charge is 2.47. The number of pyridine rings is 1. The lowest BCUT2D eigenvalue weighted by atomic mass is 9.77. The first-order valence-corrected chi connectivity index (χ1v) is 11.2. The normalized spacial score (nSPS) is 15.9. The fourth-order valence-electron chi connectivity index (χ4n) is 4.02. The van der Waals surface area contributed by atoms with E-state index in [1.807, 2.05) is 19.1 Å². The van der Waals surface area contributed by atoms with Crippen LogP contribution in [0.2, 0.25) is 0 Å². The highest BCUT2D eigenvalue weighted by Crippen LogP contribution is 2.48. The van der Waals surface area contributed by atoms with Gasteiger partial charge in [-0.15, -0.1) is 4.99 Å². The lowest BCUT2D eigenvalue weighted by Crippen LogP contribution is -2.34. The Hall–Kier alpha value is -4.17. The first-order valence-electron chi connectivity index (χ1n) is 11.2. The van der Waals surface area contributed by atoms with Crippen molar-refractivity contribution in [3.8, 4) is 17.3 Å². The van der Waals surface area contributed by atoms with Gasteiger partial charge in [0.05, 0.1) is 35.0 Å². The summed E-state index contributed by atoms with van der Waals surface area (Å²) in [6, 6.07) is 5.65. The summed E-state index contributed by atoms with van der Waals surface area (Å²) in [5, 5.41) is 40.8. The summed E-state index contributed by atoms with van der Waals surface area (Å²) in [6.45, 7) is 5.59. The SMILES string of the molecule is CC(C)(O)Cn1cc(C([OH2+])=NC(=N)[C@@](C)(c2ccc(-c3cnc(N)nc3C#N)nc2)C2CC2)cn1. The van der Waals surface area contributed by atoms with Gasteiger partial charge in [0.25, 0.3) is 0 Å². The highest BCUT2D eigenvalue weighted by molar-refractivity contribution is 6.04. The van der Waals surface area contributed by atoms with Crippen LogP contribution >= 0.6 is 0 Å². The molecule has 3 aromatic heterocycles. The van der Waals surface area contributed by atoms with Crippen molar-refractivity contribution in [2.45, 2.75) is 51.2 Å². The van der Waals surface area contributed by atoms with Gasteiger partial charge in [-0.1, -0.05) is 6.07 Å². The number of nitrogens with one attached hydrogen (secondary N) is 1. The maximum absolute atomic E-state index is 9.99. The van der Waals surface area contributed by atoms with Crippen LogP contribution in [0.3, 0.4) is 0 Å². The molecular formula is C24H28N9O2+. The minimum atomic E-state index is -0.939. The van der Waals surface area contributed by atoms with Crippen molar-refractivity contribution in [1.29, 1.82) is 10.7 Å². The second kappa shape index (κ2) is 8.88. The van der Waals surface area contributed by atoms with Crippen molar-refractivity contribution in [3.05, 3.63) is 53.7 Å². The molecule has 35 heavy (non-hydrogen) atoms. The Kier molecular flexibility index (Phi) is 6.08. The minimum Gasteiger partial charge on any atom is -0.578 e. The number of aliphatic imine (C=N–C) groups is 1. The summed E-state index contributed by atoms with van der Waals surface area (Å²) >= 11 is 0. The predicted molar refractivity (Wildman–Crippen MR) is 131 cm³/mol. The third-order valence-electron chi connectivity index (χ3n) is 6.12. The van der Waals surface area contributed by atoms with Crippen molar-refractivity contribution in [1.82, 2.24) is 24.7 Å². The van der Waals surface area contributed by atoms with Crippen LogP contribution in [0.25, 0.3) is 11.3 Å².